The normalized spacial score (nSPS) is 20.2. The Kier molecular flexibility index (Phi) is 18.3. The Morgan fingerprint density at radius 3 is 1.55 bits per heavy atom. The summed E-state index contributed by atoms with van der Waals surface area (Å²) in [5, 5.41) is 0.548. The van der Waals surface area contributed by atoms with Crippen molar-refractivity contribution in [3.63, 3.8) is 0 Å². The van der Waals surface area contributed by atoms with Gasteiger partial charge in [-0.3, -0.25) is 4.79 Å². The van der Waals surface area contributed by atoms with Crippen LogP contribution in [0.3, 0.4) is 0 Å². The highest BCUT2D eigenvalue weighted by atomic mass is 32.1. The topological polar surface area (TPSA) is 26.3 Å². The second-order valence-corrected chi connectivity index (χ2v) is 10.1. The maximum atomic E-state index is 12.1. The Bertz CT molecular complexity index is 362. The number of hydrogen-bond donors (Lipinski definition) is 1. The van der Waals surface area contributed by atoms with Gasteiger partial charge in [-0.05, 0) is 44.9 Å². The number of unbranched alkanes of at least 4 members (excludes halogenated alkanes) is 14. The minimum absolute atomic E-state index is 0.0349. The number of carbonyl (C=O) groups excluding carboxylic acids is 1. The fourth-order valence-corrected chi connectivity index (χ4v) is 4.82. The van der Waals surface area contributed by atoms with E-state index in [0.29, 0.717) is 11.7 Å². The minimum atomic E-state index is 0.0349. The van der Waals surface area contributed by atoms with Crippen molar-refractivity contribution in [1.29, 1.82) is 0 Å². The molecule has 0 heterocycles. The van der Waals surface area contributed by atoms with Gasteiger partial charge in [-0.15, -0.1) is 0 Å². The zero-order valence-corrected chi connectivity index (χ0v) is 20.4. The maximum absolute atomic E-state index is 12.1. The summed E-state index contributed by atoms with van der Waals surface area (Å²) >= 11 is 4.59. The summed E-state index contributed by atoms with van der Waals surface area (Å²) in [6, 6.07) is 0. The molecule has 0 amide bonds. The molecule has 0 aliphatic heterocycles. The van der Waals surface area contributed by atoms with Crippen molar-refractivity contribution in [3.8, 4) is 0 Å². The smallest absolute Gasteiger partial charge is 0.306 e. The Balaban J connectivity index is 1.81. The molecule has 0 spiro atoms. The highest BCUT2D eigenvalue weighted by molar-refractivity contribution is 7.80. The molecule has 172 valence electrons. The summed E-state index contributed by atoms with van der Waals surface area (Å²) in [5.41, 5.74) is 0. The molecule has 1 fully saturated rings. The van der Waals surface area contributed by atoms with Crippen molar-refractivity contribution >= 4 is 18.6 Å². The van der Waals surface area contributed by atoms with Crippen LogP contribution in [0.25, 0.3) is 0 Å². The van der Waals surface area contributed by atoms with Crippen LogP contribution in [0.15, 0.2) is 0 Å². The zero-order valence-electron chi connectivity index (χ0n) is 19.5. The van der Waals surface area contributed by atoms with Gasteiger partial charge >= 0.3 is 5.97 Å². The van der Waals surface area contributed by atoms with Gasteiger partial charge in [-0.2, -0.15) is 12.6 Å². The number of carbonyl (C=O) groups is 1. The predicted molar refractivity (Wildman–Crippen MR) is 130 cm³/mol. The molecule has 1 rings (SSSR count). The standard InChI is InChI=1S/C26H50O2S/c1-2-3-4-5-6-7-8-9-10-11-12-13-14-15-16-23-26(27)28-24-19-17-21-25(29)22-18-20-24/h24-25,29H,2-23H2,1H3. The minimum Gasteiger partial charge on any atom is -0.462 e. The van der Waals surface area contributed by atoms with Crippen molar-refractivity contribution in [1.82, 2.24) is 0 Å². The van der Waals surface area contributed by atoms with Gasteiger partial charge in [-0.1, -0.05) is 96.8 Å². The maximum Gasteiger partial charge on any atom is 0.306 e. The lowest BCUT2D eigenvalue weighted by molar-refractivity contribution is -0.150. The lowest BCUT2D eigenvalue weighted by atomic mass is 9.98. The van der Waals surface area contributed by atoms with Gasteiger partial charge in [0.05, 0.1) is 0 Å². The Morgan fingerprint density at radius 2 is 1.10 bits per heavy atom. The molecule has 0 bridgehead atoms. The molecule has 1 aliphatic rings. The van der Waals surface area contributed by atoms with Crippen LogP contribution in [-0.4, -0.2) is 17.3 Å². The van der Waals surface area contributed by atoms with Crippen LogP contribution in [0, 0.1) is 0 Å². The van der Waals surface area contributed by atoms with Crippen LogP contribution in [0.1, 0.15) is 148 Å². The first-order valence-electron chi connectivity index (χ1n) is 13.1. The molecule has 1 saturated carbocycles. The molecule has 0 atom stereocenters. The van der Waals surface area contributed by atoms with E-state index in [1.165, 1.54) is 89.9 Å². The van der Waals surface area contributed by atoms with E-state index in [-0.39, 0.29) is 12.1 Å². The lowest BCUT2D eigenvalue weighted by Gasteiger charge is -2.22. The fraction of sp³-hybridized carbons (Fsp3) is 0.962. The summed E-state index contributed by atoms with van der Waals surface area (Å²) < 4.78 is 5.72. The fourth-order valence-electron chi connectivity index (χ4n) is 4.45. The number of ether oxygens (including phenoxy) is 1. The molecule has 1 aliphatic carbocycles. The van der Waals surface area contributed by atoms with Crippen LogP contribution in [0.2, 0.25) is 0 Å². The Labute approximate surface area is 187 Å². The predicted octanol–water partition coefficient (Wildman–Crippen LogP) is 8.81. The number of esters is 1. The number of thiol groups is 1. The van der Waals surface area contributed by atoms with E-state index in [9.17, 15) is 4.79 Å². The summed E-state index contributed by atoms with van der Waals surface area (Å²) in [6.07, 6.45) is 27.8. The van der Waals surface area contributed by atoms with Gasteiger partial charge in [0.15, 0.2) is 0 Å². The van der Waals surface area contributed by atoms with Crippen LogP contribution >= 0.6 is 12.6 Å². The third kappa shape index (κ3) is 17.2. The van der Waals surface area contributed by atoms with E-state index in [4.69, 9.17) is 4.74 Å². The molecule has 0 aromatic carbocycles. The Hall–Kier alpha value is -0.180. The number of rotatable bonds is 17. The van der Waals surface area contributed by atoms with Crippen molar-refractivity contribution in [2.45, 2.75) is 160 Å². The summed E-state index contributed by atoms with van der Waals surface area (Å²) in [5.74, 6) is 0.0349. The SMILES string of the molecule is CCCCCCCCCCCCCCCCCC(=O)OC1CCCC(S)CCC1. The van der Waals surface area contributed by atoms with Gasteiger partial charge in [0, 0.05) is 11.7 Å². The van der Waals surface area contributed by atoms with E-state index in [1.807, 2.05) is 0 Å². The summed E-state index contributed by atoms with van der Waals surface area (Å²) in [4.78, 5) is 12.1. The first-order chi connectivity index (χ1) is 14.2. The van der Waals surface area contributed by atoms with Crippen molar-refractivity contribution < 1.29 is 9.53 Å². The largest absolute Gasteiger partial charge is 0.462 e. The second kappa shape index (κ2) is 19.8. The molecular formula is C26H50O2S. The van der Waals surface area contributed by atoms with Gasteiger partial charge in [0.2, 0.25) is 0 Å². The van der Waals surface area contributed by atoms with Gasteiger partial charge in [0.25, 0.3) is 0 Å². The van der Waals surface area contributed by atoms with E-state index in [1.54, 1.807) is 0 Å². The summed E-state index contributed by atoms with van der Waals surface area (Å²) in [7, 11) is 0. The first-order valence-corrected chi connectivity index (χ1v) is 13.6. The lowest BCUT2D eigenvalue weighted by Crippen LogP contribution is -2.20. The van der Waals surface area contributed by atoms with E-state index in [2.05, 4.69) is 19.6 Å². The quantitative estimate of drug-likeness (QED) is 0.143. The molecule has 0 unspecified atom stereocenters. The van der Waals surface area contributed by atoms with Crippen molar-refractivity contribution in [2.24, 2.45) is 0 Å². The van der Waals surface area contributed by atoms with Crippen molar-refractivity contribution in [2.75, 3.05) is 0 Å². The molecule has 0 aromatic rings. The third-order valence-electron chi connectivity index (χ3n) is 6.41. The average Bonchev–Trinajstić information content (AvgIpc) is 2.69. The van der Waals surface area contributed by atoms with E-state index < -0.39 is 0 Å². The average molecular weight is 427 g/mol. The van der Waals surface area contributed by atoms with Gasteiger partial charge in [0.1, 0.15) is 6.10 Å². The summed E-state index contributed by atoms with van der Waals surface area (Å²) in [6.45, 7) is 2.28. The number of hydrogen-bond acceptors (Lipinski definition) is 3. The highest BCUT2D eigenvalue weighted by Crippen LogP contribution is 2.23. The molecule has 29 heavy (non-hydrogen) atoms. The van der Waals surface area contributed by atoms with Crippen LogP contribution in [0.4, 0.5) is 0 Å². The second-order valence-electron chi connectivity index (χ2n) is 9.33. The van der Waals surface area contributed by atoms with Crippen molar-refractivity contribution in [3.05, 3.63) is 0 Å². The third-order valence-corrected chi connectivity index (χ3v) is 6.93. The molecule has 0 saturated heterocycles. The van der Waals surface area contributed by atoms with E-state index in [0.717, 1.165) is 44.9 Å². The molecule has 0 aromatic heterocycles. The Morgan fingerprint density at radius 1 is 0.690 bits per heavy atom. The highest BCUT2D eigenvalue weighted by Gasteiger charge is 2.18. The molecule has 0 N–H and O–H groups in total. The first kappa shape index (κ1) is 26.9. The van der Waals surface area contributed by atoms with Crippen LogP contribution in [-0.2, 0) is 9.53 Å². The van der Waals surface area contributed by atoms with Crippen LogP contribution < -0.4 is 0 Å². The molecule has 3 heteroatoms. The van der Waals surface area contributed by atoms with Crippen LogP contribution in [0.5, 0.6) is 0 Å². The molecule has 2 nitrogen and oxygen atoms in total. The molecule has 0 radical (unpaired) electrons. The zero-order chi connectivity index (χ0) is 21.0. The molecular weight excluding hydrogens is 376 g/mol. The monoisotopic (exact) mass is 426 g/mol. The van der Waals surface area contributed by atoms with Gasteiger partial charge < -0.3 is 4.74 Å². The van der Waals surface area contributed by atoms with E-state index >= 15 is 0 Å². The van der Waals surface area contributed by atoms with Gasteiger partial charge in [-0.25, -0.2) is 0 Å².